The van der Waals surface area contributed by atoms with E-state index in [1.807, 2.05) is 20.8 Å². The Morgan fingerprint density at radius 2 is 1.77 bits per heavy atom. The first kappa shape index (κ1) is 16.5. The molecule has 0 atom stereocenters. The van der Waals surface area contributed by atoms with E-state index in [1.54, 1.807) is 0 Å². The van der Waals surface area contributed by atoms with Crippen LogP contribution in [0.1, 0.15) is 33.6 Å². The fourth-order valence-corrected chi connectivity index (χ4v) is 2.45. The van der Waals surface area contributed by atoms with E-state index in [1.165, 1.54) is 18.5 Å². The first-order valence-corrected chi connectivity index (χ1v) is 8.00. The van der Waals surface area contributed by atoms with Crippen molar-refractivity contribution in [1.82, 2.24) is 5.32 Å². The third-order valence-electron chi connectivity index (χ3n) is 3.46. The molecule has 1 aliphatic heterocycles. The van der Waals surface area contributed by atoms with E-state index in [-0.39, 0.29) is 6.09 Å². The van der Waals surface area contributed by atoms with Crippen molar-refractivity contribution in [2.24, 2.45) is 0 Å². The molecule has 0 spiro atoms. The summed E-state index contributed by atoms with van der Waals surface area (Å²) in [5.41, 5.74) is 1.90. The number of hydrogen-bond donors (Lipinski definition) is 2. The van der Waals surface area contributed by atoms with Gasteiger partial charge in [0.1, 0.15) is 5.60 Å². The van der Waals surface area contributed by atoms with Gasteiger partial charge in [0.15, 0.2) is 0 Å². The number of alkyl carbamates (subject to hydrolysis) is 1. The lowest BCUT2D eigenvalue weighted by atomic mass is 10.2. The van der Waals surface area contributed by atoms with Gasteiger partial charge in [0.05, 0.1) is 0 Å². The van der Waals surface area contributed by atoms with Crippen LogP contribution in [0.4, 0.5) is 16.2 Å². The molecular formula is C17H27N3O2. The summed E-state index contributed by atoms with van der Waals surface area (Å²) in [5.74, 6) is 0. The van der Waals surface area contributed by atoms with Crippen LogP contribution in [-0.4, -0.2) is 37.9 Å². The second kappa shape index (κ2) is 7.38. The fraction of sp³-hybridized carbons (Fsp3) is 0.588. The molecule has 0 saturated carbocycles. The second-order valence-corrected chi connectivity index (χ2v) is 6.60. The first-order valence-electron chi connectivity index (χ1n) is 8.00. The maximum Gasteiger partial charge on any atom is 0.407 e. The molecule has 2 rings (SSSR count). The van der Waals surface area contributed by atoms with Crippen LogP contribution in [0.15, 0.2) is 24.3 Å². The number of anilines is 2. The molecule has 1 saturated heterocycles. The normalized spacial score (nSPS) is 14.8. The number of ether oxygens (including phenoxy) is 1. The van der Waals surface area contributed by atoms with Gasteiger partial charge in [-0.15, -0.1) is 0 Å². The lowest BCUT2D eigenvalue weighted by Crippen LogP contribution is -2.34. The Morgan fingerprint density at radius 3 is 2.36 bits per heavy atom. The van der Waals surface area contributed by atoms with E-state index in [0.29, 0.717) is 13.1 Å². The molecular weight excluding hydrogens is 278 g/mol. The van der Waals surface area contributed by atoms with Crippen LogP contribution in [-0.2, 0) is 4.74 Å². The van der Waals surface area contributed by atoms with Crippen LogP contribution in [0.25, 0.3) is 0 Å². The molecule has 1 aromatic rings. The first-order chi connectivity index (χ1) is 10.4. The molecule has 22 heavy (non-hydrogen) atoms. The number of amides is 1. The molecule has 2 N–H and O–H groups in total. The van der Waals surface area contributed by atoms with Crippen molar-refractivity contribution in [3.05, 3.63) is 24.3 Å². The van der Waals surface area contributed by atoms with Crippen molar-refractivity contribution in [2.45, 2.75) is 39.2 Å². The highest BCUT2D eigenvalue weighted by Crippen LogP contribution is 2.21. The van der Waals surface area contributed by atoms with Gasteiger partial charge in [-0.3, -0.25) is 0 Å². The van der Waals surface area contributed by atoms with Crippen molar-refractivity contribution < 1.29 is 9.53 Å². The molecule has 1 amide bonds. The zero-order valence-electron chi connectivity index (χ0n) is 13.8. The monoisotopic (exact) mass is 305 g/mol. The van der Waals surface area contributed by atoms with Crippen molar-refractivity contribution in [2.75, 3.05) is 36.4 Å². The summed E-state index contributed by atoms with van der Waals surface area (Å²) in [5, 5.41) is 6.03. The number of nitrogens with zero attached hydrogens (tertiary/aromatic N) is 1. The van der Waals surface area contributed by atoms with Crippen LogP contribution >= 0.6 is 0 Å². The fourth-order valence-electron chi connectivity index (χ4n) is 2.45. The van der Waals surface area contributed by atoms with Gasteiger partial charge < -0.3 is 20.3 Å². The van der Waals surface area contributed by atoms with Crippen molar-refractivity contribution >= 4 is 17.5 Å². The van der Waals surface area contributed by atoms with Gasteiger partial charge in [0.2, 0.25) is 0 Å². The molecule has 0 aromatic heterocycles. The number of carbonyl (C=O) groups excluding carboxylic acids is 1. The molecule has 5 nitrogen and oxygen atoms in total. The molecule has 122 valence electrons. The van der Waals surface area contributed by atoms with Crippen molar-refractivity contribution in [1.29, 1.82) is 0 Å². The van der Waals surface area contributed by atoms with E-state index in [9.17, 15) is 4.79 Å². The summed E-state index contributed by atoms with van der Waals surface area (Å²) in [7, 11) is 0. The summed E-state index contributed by atoms with van der Waals surface area (Å²) >= 11 is 0. The minimum absolute atomic E-state index is 0.376. The number of carbonyl (C=O) groups is 1. The van der Waals surface area contributed by atoms with Crippen LogP contribution in [0.3, 0.4) is 0 Å². The topological polar surface area (TPSA) is 53.6 Å². The Labute approximate surface area is 133 Å². The SMILES string of the molecule is CC(C)(C)OC(=O)NCCNc1ccc(N2CCCC2)cc1. The maximum atomic E-state index is 11.5. The Bertz CT molecular complexity index is 474. The Kier molecular flexibility index (Phi) is 5.52. The lowest BCUT2D eigenvalue weighted by Gasteiger charge is -2.20. The minimum Gasteiger partial charge on any atom is -0.444 e. The molecule has 0 radical (unpaired) electrons. The van der Waals surface area contributed by atoms with Crippen molar-refractivity contribution in [3.63, 3.8) is 0 Å². The van der Waals surface area contributed by atoms with Gasteiger partial charge in [-0.1, -0.05) is 0 Å². The summed E-state index contributed by atoms with van der Waals surface area (Å²) in [6.45, 7) is 9.08. The molecule has 0 bridgehead atoms. The third-order valence-corrected chi connectivity index (χ3v) is 3.46. The standard InChI is InChI=1S/C17H27N3O2/c1-17(2,3)22-16(21)19-11-10-18-14-6-8-15(9-7-14)20-12-4-5-13-20/h6-9,18H,4-5,10-13H2,1-3H3,(H,19,21). The lowest BCUT2D eigenvalue weighted by molar-refractivity contribution is 0.0530. The van der Waals surface area contributed by atoms with E-state index in [0.717, 1.165) is 18.8 Å². The van der Waals surface area contributed by atoms with Crippen molar-refractivity contribution in [3.8, 4) is 0 Å². The maximum absolute atomic E-state index is 11.5. The van der Waals surface area contributed by atoms with Gasteiger partial charge in [-0.2, -0.15) is 0 Å². The summed E-state index contributed by atoms with van der Waals surface area (Å²) in [6, 6.07) is 8.46. The van der Waals surface area contributed by atoms with Gasteiger partial charge in [-0.25, -0.2) is 4.79 Å². The van der Waals surface area contributed by atoms with Crippen LogP contribution in [0.2, 0.25) is 0 Å². The largest absolute Gasteiger partial charge is 0.444 e. The minimum atomic E-state index is -0.455. The molecule has 1 fully saturated rings. The Balaban J connectivity index is 1.68. The van der Waals surface area contributed by atoms with E-state index < -0.39 is 5.60 Å². The number of nitrogens with one attached hydrogen (secondary N) is 2. The zero-order chi connectivity index (χ0) is 16.0. The molecule has 0 aliphatic carbocycles. The highest BCUT2D eigenvalue weighted by molar-refractivity contribution is 5.67. The molecule has 1 aromatic carbocycles. The Morgan fingerprint density at radius 1 is 1.14 bits per heavy atom. The number of benzene rings is 1. The summed E-state index contributed by atoms with van der Waals surface area (Å²) < 4.78 is 5.18. The number of hydrogen-bond acceptors (Lipinski definition) is 4. The smallest absolute Gasteiger partial charge is 0.407 e. The average molecular weight is 305 g/mol. The average Bonchev–Trinajstić information content (AvgIpc) is 2.96. The van der Waals surface area contributed by atoms with Crippen LogP contribution in [0.5, 0.6) is 0 Å². The van der Waals surface area contributed by atoms with Gasteiger partial charge in [0, 0.05) is 37.6 Å². The van der Waals surface area contributed by atoms with E-state index in [4.69, 9.17) is 4.74 Å². The predicted molar refractivity (Wildman–Crippen MR) is 90.6 cm³/mol. The van der Waals surface area contributed by atoms with Crippen LogP contribution < -0.4 is 15.5 Å². The Hall–Kier alpha value is -1.91. The number of rotatable bonds is 5. The molecule has 1 aliphatic rings. The van der Waals surface area contributed by atoms with Crippen LogP contribution in [0, 0.1) is 0 Å². The summed E-state index contributed by atoms with van der Waals surface area (Å²) in [6.07, 6.45) is 2.20. The zero-order valence-corrected chi connectivity index (χ0v) is 13.8. The third kappa shape index (κ3) is 5.47. The van der Waals surface area contributed by atoms with Gasteiger partial charge in [-0.05, 0) is 57.9 Å². The quantitative estimate of drug-likeness (QED) is 0.820. The molecule has 1 heterocycles. The highest BCUT2D eigenvalue weighted by atomic mass is 16.6. The van der Waals surface area contributed by atoms with Gasteiger partial charge in [0.25, 0.3) is 0 Å². The predicted octanol–water partition coefficient (Wildman–Crippen LogP) is 3.22. The summed E-state index contributed by atoms with van der Waals surface area (Å²) in [4.78, 5) is 13.9. The second-order valence-electron chi connectivity index (χ2n) is 6.60. The van der Waals surface area contributed by atoms with E-state index in [2.05, 4.69) is 39.8 Å². The van der Waals surface area contributed by atoms with Gasteiger partial charge >= 0.3 is 6.09 Å². The van der Waals surface area contributed by atoms with E-state index >= 15 is 0 Å². The molecule has 5 heteroatoms. The molecule has 0 unspecified atom stereocenters. The highest BCUT2D eigenvalue weighted by Gasteiger charge is 2.15.